The summed E-state index contributed by atoms with van der Waals surface area (Å²) in [6.07, 6.45) is 9.02. The molecule has 5 rings (SSSR count). The molecule has 1 aliphatic carbocycles. The molecule has 2 aliphatic rings. The Morgan fingerprint density at radius 1 is 1.03 bits per heavy atom. The molecule has 1 aliphatic heterocycles. The number of benzene rings is 1. The van der Waals surface area contributed by atoms with Crippen LogP contribution in [0.2, 0.25) is 0 Å². The van der Waals surface area contributed by atoms with E-state index in [4.69, 9.17) is 0 Å². The second-order valence-corrected chi connectivity index (χ2v) is 8.22. The van der Waals surface area contributed by atoms with E-state index in [1.54, 1.807) is 12.4 Å². The summed E-state index contributed by atoms with van der Waals surface area (Å²) in [5, 5.41) is 17.5. The number of anilines is 1. The molecule has 30 heavy (non-hydrogen) atoms. The molecule has 3 aromatic rings. The van der Waals surface area contributed by atoms with Gasteiger partial charge >= 0.3 is 0 Å². The third kappa shape index (κ3) is 3.52. The maximum Gasteiger partial charge on any atom is 0.246 e. The number of carbonyl (C=O) groups is 1. The number of hydrogen-bond donors (Lipinski definition) is 1. The lowest BCUT2D eigenvalue weighted by molar-refractivity contribution is -0.135. The van der Waals surface area contributed by atoms with Crippen LogP contribution in [0.25, 0.3) is 10.9 Å². The van der Waals surface area contributed by atoms with Crippen molar-refractivity contribution in [3.05, 3.63) is 48.9 Å². The lowest BCUT2D eigenvalue weighted by Gasteiger charge is -2.37. The smallest absolute Gasteiger partial charge is 0.246 e. The van der Waals surface area contributed by atoms with Crippen molar-refractivity contribution in [2.24, 2.45) is 5.92 Å². The van der Waals surface area contributed by atoms with E-state index in [0.29, 0.717) is 25.5 Å². The molecule has 1 N–H and O–H groups in total. The minimum Gasteiger partial charge on any atom is -0.391 e. The van der Waals surface area contributed by atoms with Crippen molar-refractivity contribution in [1.82, 2.24) is 24.8 Å². The van der Waals surface area contributed by atoms with Gasteiger partial charge in [0.05, 0.1) is 23.9 Å². The summed E-state index contributed by atoms with van der Waals surface area (Å²) in [6, 6.07) is 10.1. The Morgan fingerprint density at radius 3 is 2.53 bits per heavy atom. The average Bonchev–Trinajstić information content (AvgIpc) is 3.42. The number of amides is 1. The van der Waals surface area contributed by atoms with E-state index in [2.05, 4.69) is 20.1 Å². The third-order valence-electron chi connectivity index (χ3n) is 6.29. The summed E-state index contributed by atoms with van der Waals surface area (Å²) in [5.74, 6) is 0.834. The van der Waals surface area contributed by atoms with Crippen LogP contribution in [-0.2, 0) is 4.79 Å². The van der Waals surface area contributed by atoms with E-state index in [-0.39, 0.29) is 24.0 Å². The van der Waals surface area contributed by atoms with Gasteiger partial charge in [0.2, 0.25) is 11.9 Å². The van der Waals surface area contributed by atoms with E-state index in [1.165, 1.54) is 0 Å². The summed E-state index contributed by atoms with van der Waals surface area (Å²) in [4.78, 5) is 25.6. The fraction of sp³-hybridized carbons (Fsp3) is 0.455. The Hall–Kier alpha value is -3.00. The Kier molecular flexibility index (Phi) is 5.08. The Bertz CT molecular complexity index is 1010. The van der Waals surface area contributed by atoms with Gasteiger partial charge in [-0.05, 0) is 44.2 Å². The first-order valence-corrected chi connectivity index (χ1v) is 10.7. The molecule has 1 amide bonds. The van der Waals surface area contributed by atoms with Crippen LogP contribution in [0, 0.1) is 5.92 Å². The highest BCUT2D eigenvalue weighted by Gasteiger charge is 2.35. The molecule has 0 spiro atoms. The fourth-order valence-electron chi connectivity index (χ4n) is 4.71. The van der Waals surface area contributed by atoms with Gasteiger partial charge in [0.15, 0.2) is 0 Å². The summed E-state index contributed by atoms with van der Waals surface area (Å²) in [6.45, 7) is 1.14. The third-order valence-corrected chi connectivity index (χ3v) is 6.29. The molecule has 0 radical (unpaired) electrons. The van der Waals surface area contributed by atoms with Crippen molar-refractivity contribution in [3.63, 3.8) is 0 Å². The highest BCUT2D eigenvalue weighted by atomic mass is 16.3. The molecule has 1 aromatic carbocycles. The van der Waals surface area contributed by atoms with Crippen LogP contribution >= 0.6 is 0 Å². The van der Waals surface area contributed by atoms with Crippen LogP contribution in [0.4, 0.5) is 5.95 Å². The van der Waals surface area contributed by atoms with Crippen LogP contribution in [0.3, 0.4) is 0 Å². The van der Waals surface area contributed by atoms with Crippen LogP contribution < -0.4 is 5.01 Å². The van der Waals surface area contributed by atoms with Gasteiger partial charge in [0, 0.05) is 36.8 Å². The topological polar surface area (TPSA) is 87.4 Å². The maximum atomic E-state index is 12.9. The molecular formula is C22H26N6O2. The number of carbonyl (C=O) groups excluding carboxylic acids is 1. The van der Waals surface area contributed by atoms with Crippen molar-refractivity contribution in [2.45, 2.75) is 44.2 Å². The Labute approximate surface area is 175 Å². The van der Waals surface area contributed by atoms with E-state index in [1.807, 2.05) is 46.2 Å². The maximum absolute atomic E-state index is 12.9. The number of aliphatic hydroxyl groups is 1. The minimum atomic E-state index is -0.371. The van der Waals surface area contributed by atoms with Gasteiger partial charge < -0.3 is 10.0 Å². The predicted molar refractivity (Wildman–Crippen MR) is 113 cm³/mol. The molecule has 3 heterocycles. The van der Waals surface area contributed by atoms with Crippen molar-refractivity contribution in [1.29, 1.82) is 0 Å². The van der Waals surface area contributed by atoms with Crippen LogP contribution in [0.5, 0.6) is 0 Å². The highest BCUT2D eigenvalue weighted by molar-refractivity contribution is 5.80. The van der Waals surface area contributed by atoms with Crippen LogP contribution in [0.1, 0.15) is 32.1 Å². The van der Waals surface area contributed by atoms with E-state index >= 15 is 0 Å². The molecule has 1 unspecified atom stereocenters. The van der Waals surface area contributed by atoms with Crippen LogP contribution in [-0.4, -0.2) is 61.0 Å². The highest BCUT2D eigenvalue weighted by Crippen LogP contribution is 2.32. The van der Waals surface area contributed by atoms with E-state index in [9.17, 15) is 9.90 Å². The van der Waals surface area contributed by atoms with Crippen LogP contribution in [0.15, 0.2) is 48.9 Å². The SMILES string of the molecule is O=C(C1CCC(N(c2ncccn2)n2ncc3ccccc32)CC1)N1CCC(O)C1. The van der Waals surface area contributed by atoms with Gasteiger partial charge in [0.1, 0.15) is 0 Å². The first kappa shape index (κ1) is 19.0. The number of β-amino-alcohol motifs (C(OH)–C–C–N with tert-alkyl or cyclic N) is 1. The lowest BCUT2D eigenvalue weighted by Crippen LogP contribution is -2.45. The zero-order valence-corrected chi connectivity index (χ0v) is 16.8. The summed E-state index contributed by atoms with van der Waals surface area (Å²) in [7, 11) is 0. The van der Waals surface area contributed by atoms with Crippen molar-refractivity contribution >= 4 is 22.8 Å². The molecular weight excluding hydrogens is 380 g/mol. The summed E-state index contributed by atoms with van der Waals surface area (Å²) >= 11 is 0. The second kappa shape index (κ2) is 8.02. The van der Waals surface area contributed by atoms with Crippen molar-refractivity contribution in [3.8, 4) is 0 Å². The average molecular weight is 406 g/mol. The lowest BCUT2D eigenvalue weighted by atomic mass is 9.85. The fourth-order valence-corrected chi connectivity index (χ4v) is 4.71. The Balaban J connectivity index is 1.38. The first-order chi connectivity index (χ1) is 14.7. The normalized spacial score (nSPS) is 24.3. The molecule has 2 fully saturated rings. The van der Waals surface area contributed by atoms with Gasteiger partial charge in [-0.15, -0.1) is 0 Å². The minimum absolute atomic E-state index is 0.0273. The first-order valence-electron chi connectivity index (χ1n) is 10.7. The molecule has 2 aromatic heterocycles. The standard InChI is InChI=1S/C22H26N6O2/c29-19-10-13-26(15-19)21(30)16-6-8-18(9-7-16)27(22-23-11-3-12-24-22)28-20-5-2-1-4-17(20)14-25-28/h1-5,11-12,14,16,18-19,29H,6-10,13,15H2. The predicted octanol–water partition coefficient (Wildman–Crippen LogP) is 2.25. The number of fused-ring (bicyclic) bond motifs is 1. The van der Waals surface area contributed by atoms with Gasteiger partial charge in [-0.1, -0.05) is 18.2 Å². The van der Waals surface area contributed by atoms with Crippen molar-refractivity contribution < 1.29 is 9.90 Å². The second-order valence-electron chi connectivity index (χ2n) is 8.22. The van der Waals surface area contributed by atoms with Gasteiger partial charge in [-0.3, -0.25) is 4.79 Å². The van der Waals surface area contributed by atoms with E-state index in [0.717, 1.165) is 36.6 Å². The summed E-state index contributed by atoms with van der Waals surface area (Å²) < 4.78 is 0. The quantitative estimate of drug-likeness (QED) is 0.715. The zero-order valence-electron chi connectivity index (χ0n) is 16.8. The number of para-hydroxylation sites is 1. The van der Waals surface area contributed by atoms with Crippen molar-refractivity contribution in [2.75, 3.05) is 18.1 Å². The van der Waals surface area contributed by atoms with E-state index < -0.39 is 0 Å². The number of aromatic nitrogens is 4. The number of aliphatic hydroxyl groups excluding tert-OH is 1. The zero-order chi connectivity index (χ0) is 20.5. The number of rotatable bonds is 4. The molecule has 156 valence electrons. The summed E-state index contributed by atoms with van der Waals surface area (Å²) in [5.41, 5.74) is 1.01. The Morgan fingerprint density at radius 2 is 1.80 bits per heavy atom. The molecule has 1 atom stereocenters. The molecule has 0 bridgehead atoms. The largest absolute Gasteiger partial charge is 0.391 e. The monoisotopic (exact) mass is 406 g/mol. The molecule has 8 nitrogen and oxygen atoms in total. The molecule has 1 saturated carbocycles. The van der Waals surface area contributed by atoms with Gasteiger partial charge in [0.25, 0.3) is 0 Å². The molecule has 1 saturated heterocycles. The number of likely N-dealkylation sites (tertiary alicyclic amines) is 1. The number of nitrogens with zero attached hydrogens (tertiary/aromatic N) is 6. The van der Waals surface area contributed by atoms with Gasteiger partial charge in [-0.2, -0.15) is 9.89 Å². The number of hydrogen-bond acceptors (Lipinski definition) is 6. The van der Waals surface area contributed by atoms with Gasteiger partial charge in [-0.25, -0.2) is 15.0 Å². The molecule has 8 heteroatoms.